The van der Waals surface area contributed by atoms with Crippen LogP contribution in [-0.4, -0.2) is 14.7 Å². The van der Waals surface area contributed by atoms with Crippen molar-refractivity contribution in [3.8, 4) is 0 Å². The summed E-state index contributed by atoms with van der Waals surface area (Å²) in [5, 5.41) is 0.557. The number of hydrogen-bond donors (Lipinski definition) is 1. The van der Waals surface area contributed by atoms with Gasteiger partial charge in [-0.2, -0.15) is 0 Å². The zero-order valence-electron chi connectivity index (χ0n) is 9.74. The van der Waals surface area contributed by atoms with E-state index in [4.69, 9.17) is 17.3 Å². The summed E-state index contributed by atoms with van der Waals surface area (Å²) in [5.74, 6) is 0. The molecule has 0 unspecified atom stereocenters. The molecule has 94 valence electrons. The van der Waals surface area contributed by atoms with E-state index in [1.54, 1.807) is 12.1 Å². The molecule has 0 amide bonds. The molecule has 1 saturated carbocycles. The van der Waals surface area contributed by atoms with Crippen LogP contribution in [0.15, 0.2) is 23.1 Å². The van der Waals surface area contributed by atoms with Crippen molar-refractivity contribution in [2.45, 2.75) is 36.1 Å². The summed E-state index contributed by atoms with van der Waals surface area (Å²) in [6, 6.07) is 4.78. The van der Waals surface area contributed by atoms with Crippen molar-refractivity contribution < 1.29 is 8.42 Å². The molecular formula is C12H16ClNO2S. The predicted octanol–water partition coefficient (Wildman–Crippen LogP) is 2.47. The minimum Gasteiger partial charge on any atom is -0.321 e. The molecule has 0 atom stereocenters. The van der Waals surface area contributed by atoms with Gasteiger partial charge in [0.05, 0.1) is 4.90 Å². The molecule has 0 aromatic heterocycles. The molecular weight excluding hydrogens is 258 g/mol. The average Bonchev–Trinajstić information content (AvgIpc) is 2.65. The topological polar surface area (TPSA) is 60.2 Å². The average molecular weight is 274 g/mol. The summed E-state index contributed by atoms with van der Waals surface area (Å²) in [4.78, 5) is 0.286. The Hall–Kier alpha value is -0.580. The fourth-order valence-electron chi connectivity index (χ4n) is 2.39. The molecule has 17 heavy (non-hydrogen) atoms. The highest BCUT2D eigenvalue weighted by Crippen LogP contribution is 2.40. The Kier molecular flexibility index (Phi) is 3.23. The predicted molar refractivity (Wildman–Crippen MR) is 68.9 cm³/mol. The van der Waals surface area contributed by atoms with Crippen LogP contribution in [0, 0.1) is 0 Å². The van der Waals surface area contributed by atoms with Crippen molar-refractivity contribution >= 4 is 21.4 Å². The first-order valence-corrected chi connectivity index (χ1v) is 7.89. The lowest BCUT2D eigenvalue weighted by Crippen LogP contribution is -2.33. The first kappa shape index (κ1) is 12.9. The van der Waals surface area contributed by atoms with Gasteiger partial charge in [0.15, 0.2) is 9.84 Å². The SMILES string of the molecule is CS(=O)(=O)c1ccc(Cl)c(C2(N)CCCC2)c1. The molecule has 1 aliphatic carbocycles. The number of rotatable bonds is 2. The zero-order valence-corrected chi connectivity index (χ0v) is 11.3. The highest BCUT2D eigenvalue weighted by molar-refractivity contribution is 7.90. The summed E-state index contributed by atoms with van der Waals surface area (Å²) in [7, 11) is -3.21. The van der Waals surface area contributed by atoms with E-state index in [1.807, 2.05) is 0 Å². The van der Waals surface area contributed by atoms with E-state index >= 15 is 0 Å². The largest absolute Gasteiger partial charge is 0.321 e. The third-order valence-electron chi connectivity index (χ3n) is 3.40. The highest BCUT2D eigenvalue weighted by Gasteiger charge is 2.33. The lowest BCUT2D eigenvalue weighted by atomic mass is 9.89. The Morgan fingerprint density at radius 2 is 1.88 bits per heavy atom. The second kappa shape index (κ2) is 4.26. The van der Waals surface area contributed by atoms with Gasteiger partial charge in [-0.3, -0.25) is 0 Å². The number of benzene rings is 1. The van der Waals surface area contributed by atoms with Crippen LogP contribution in [0.3, 0.4) is 0 Å². The lowest BCUT2D eigenvalue weighted by molar-refractivity contribution is 0.461. The number of nitrogens with two attached hydrogens (primary N) is 1. The van der Waals surface area contributed by atoms with E-state index in [0.29, 0.717) is 5.02 Å². The van der Waals surface area contributed by atoms with Crippen molar-refractivity contribution in [1.82, 2.24) is 0 Å². The maximum Gasteiger partial charge on any atom is 0.175 e. The van der Waals surface area contributed by atoms with Gasteiger partial charge in [0.25, 0.3) is 0 Å². The van der Waals surface area contributed by atoms with E-state index in [0.717, 1.165) is 31.2 Å². The van der Waals surface area contributed by atoms with Gasteiger partial charge in [-0.05, 0) is 36.6 Å². The molecule has 0 bridgehead atoms. The van der Waals surface area contributed by atoms with Crippen molar-refractivity contribution in [3.05, 3.63) is 28.8 Å². The molecule has 1 fully saturated rings. The van der Waals surface area contributed by atoms with Gasteiger partial charge >= 0.3 is 0 Å². The molecule has 0 spiro atoms. The summed E-state index contributed by atoms with van der Waals surface area (Å²) in [5.41, 5.74) is 6.62. The van der Waals surface area contributed by atoms with Crippen LogP contribution in [0.5, 0.6) is 0 Å². The minimum atomic E-state index is -3.21. The molecule has 0 saturated heterocycles. The maximum atomic E-state index is 11.5. The molecule has 3 nitrogen and oxygen atoms in total. The Labute approximate surface area is 107 Å². The molecule has 1 aromatic carbocycles. The van der Waals surface area contributed by atoms with Crippen molar-refractivity contribution in [2.75, 3.05) is 6.26 Å². The number of sulfone groups is 1. The third kappa shape index (κ3) is 2.49. The molecule has 2 rings (SSSR count). The van der Waals surface area contributed by atoms with Gasteiger partial charge in [-0.25, -0.2) is 8.42 Å². The Morgan fingerprint density at radius 3 is 2.41 bits per heavy atom. The van der Waals surface area contributed by atoms with Gasteiger partial charge in [-0.15, -0.1) is 0 Å². The maximum absolute atomic E-state index is 11.5. The molecule has 0 radical (unpaired) electrons. The molecule has 0 aliphatic heterocycles. The fraction of sp³-hybridized carbons (Fsp3) is 0.500. The van der Waals surface area contributed by atoms with Crippen LogP contribution in [0.4, 0.5) is 0 Å². The van der Waals surface area contributed by atoms with Crippen LogP contribution < -0.4 is 5.73 Å². The summed E-state index contributed by atoms with van der Waals surface area (Å²) >= 11 is 6.14. The van der Waals surface area contributed by atoms with E-state index in [1.165, 1.54) is 12.3 Å². The van der Waals surface area contributed by atoms with E-state index in [9.17, 15) is 8.42 Å². The van der Waals surface area contributed by atoms with E-state index in [-0.39, 0.29) is 4.90 Å². The molecule has 0 heterocycles. The zero-order chi connectivity index (χ0) is 12.7. The number of halogens is 1. The lowest BCUT2D eigenvalue weighted by Gasteiger charge is -2.25. The fourth-order valence-corrected chi connectivity index (χ4v) is 3.34. The second-order valence-corrected chi connectivity index (χ2v) is 7.20. The van der Waals surface area contributed by atoms with Gasteiger partial charge < -0.3 is 5.73 Å². The minimum absolute atomic E-state index is 0.286. The highest BCUT2D eigenvalue weighted by atomic mass is 35.5. The Morgan fingerprint density at radius 1 is 1.29 bits per heavy atom. The van der Waals surface area contributed by atoms with Crippen LogP contribution in [-0.2, 0) is 15.4 Å². The Balaban J connectivity index is 2.54. The van der Waals surface area contributed by atoms with E-state index < -0.39 is 15.4 Å². The van der Waals surface area contributed by atoms with Gasteiger partial charge in [-0.1, -0.05) is 24.4 Å². The first-order valence-electron chi connectivity index (χ1n) is 5.62. The normalized spacial score (nSPS) is 19.5. The van der Waals surface area contributed by atoms with Crippen molar-refractivity contribution in [1.29, 1.82) is 0 Å². The molecule has 5 heteroatoms. The van der Waals surface area contributed by atoms with Crippen molar-refractivity contribution in [2.24, 2.45) is 5.73 Å². The monoisotopic (exact) mass is 273 g/mol. The van der Waals surface area contributed by atoms with Gasteiger partial charge in [0.1, 0.15) is 0 Å². The van der Waals surface area contributed by atoms with Crippen LogP contribution in [0.1, 0.15) is 31.2 Å². The van der Waals surface area contributed by atoms with Crippen molar-refractivity contribution in [3.63, 3.8) is 0 Å². The summed E-state index contributed by atoms with van der Waals surface area (Å²) < 4.78 is 23.1. The van der Waals surface area contributed by atoms with E-state index in [2.05, 4.69) is 0 Å². The molecule has 1 aliphatic rings. The van der Waals surface area contributed by atoms with Gasteiger partial charge in [0, 0.05) is 16.8 Å². The molecule has 1 aromatic rings. The van der Waals surface area contributed by atoms with Gasteiger partial charge in [0.2, 0.25) is 0 Å². The Bertz CT molecular complexity index is 533. The summed E-state index contributed by atoms with van der Waals surface area (Å²) in [6.45, 7) is 0. The third-order valence-corrected chi connectivity index (χ3v) is 4.84. The standard InChI is InChI=1S/C12H16ClNO2S/c1-17(15,16)9-4-5-11(13)10(8-9)12(14)6-2-3-7-12/h4-5,8H,2-3,6-7,14H2,1H3. The summed E-state index contributed by atoms with van der Waals surface area (Å²) in [6.07, 6.45) is 5.05. The second-order valence-electron chi connectivity index (χ2n) is 4.78. The number of hydrogen-bond acceptors (Lipinski definition) is 3. The van der Waals surface area contributed by atoms with Crippen LogP contribution in [0.2, 0.25) is 5.02 Å². The van der Waals surface area contributed by atoms with Crippen LogP contribution >= 0.6 is 11.6 Å². The van der Waals surface area contributed by atoms with Crippen LogP contribution in [0.25, 0.3) is 0 Å². The first-order chi connectivity index (χ1) is 7.83. The smallest absolute Gasteiger partial charge is 0.175 e. The molecule has 2 N–H and O–H groups in total. The quantitative estimate of drug-likeness (QED) is 0.900.